The van der Waals surface area contributed by atoms with Crippen molar-refractivity contribution in [2.45, 2.75) is 33.3 Å². The van der Waals surface area contributed by atoms with E-state index < -0.39 is 0 Å². The van der Waals surface area contributed by atoms with E-state index in [2.05, 4.69) is 28.9 Å². The number of aryl methyl sites for hydroxylation is 1. The highest BCUT2D eigenvalue weighted by Gasteiger charge is 2.14. The van der Waals surface area contributed by atoms with E-state index in [0.717, 1.165) is 10.2 Å². The van der Waals surface area contributed by atoms with Gasteiger partial charge in [0.2, 0.25) is 0 Å². The van der Waals surface area contributed by atoms with Crippen LogP contribution in [0.25, 0.3) is 0 Å². The molecule has 0 N–H and O–H groups in total. The van der Waals surface area contributed by atoms with Crippen molar-refractivity contribution >= 4 is 15.9 Å². The standard InChI is InChI=1S/C11H15BrO/c1-8-6-5-7-9(10(8)12)13-11(2,3)4/h5-7H,1-4H3. The lowest BCUT2D eigenvalue weighted by Crippen LogP contribution is -2.23. The molecule has 1 nitrogen and oxygen atoms in total. The first-order valence-electron chi connectivity index (χ1n) is 4.34. The van der Waals surface area contributed by atoms with Gasteiger partial charge in [0.25, 0.3) is 0 Å². The molecular weight excluding hydrogens is 228 g/mol. The summed E-state index contributed by atoms with van der Waals surface area (Å²) in [5.41, 5.74) is 1.05. The van der Waals surface area contributed by atoms with Gasteiger partial charge in [-0.05, 0) is 55.3 Å². The largest absolute Gasteiger partial charge is 0.487 e. The highest BCUT2D eigenvalue weighted by molar-refractivity contribution is 9.10. The number of rotatable bonds is 1. The Balaban J connectivity index is 2.96. The van der Waals surface area contributed by atoms with Crippen molar-refractivity contribution in [3.8, 4) is 5.75 Å². The highest BCUT2D eigenvalue weighted by Crippen LogP contribution is 2.30. The molecule has 0 heterocycles. The molecule has 0 spiro atoms. The third kappa shape index (κ3) is 3.03. The predicted octanol–water partition coefficient (Wildman–Crippen LogP) is 3.93. The van der Waals surface area contributed by atoms with Gasteiger partial charge in [0.1, 0.15) is 11.4 Å². The topological polar surface area (TPSA) is 9.23 Å². The minimum absolute atomic E-state index is 0.143. The molecule has 0 amide bonds. The fraction of sp³-hybridized carbons (Fsp3) is 0.455. The van der Waals surface area contributed by atoms with Crippen molar-refractivity contribution in [2.24, 2.45) is 0 Å². The first-order chi connectivity index (χ1) is 5.90. The van der Waals surface area contributed by atoms with Gasteiger partial charge in [-0.1, -0.05) is 12.1 Å². The molecule has 0 fully saturated rings. The first-order valence-corrected chi connectivity index (χ1v) is 5.13. The summed E-state index contributed by atoms with van der Waals surface area (Å²) >= 11 is 3.51. The van der Waals surface area contributed by atoms with Crippen LogP contribution in [0.15, 0.2) is 22.7 Å². The second-order valence-corrected chi connectivity index (χ2v) is 4.89. The fourth-order valence-electron chi connectivity index (χ4n) is 1.03. The van der Waals surface area contributed by atoms with Crippen molar-refractivity contribution in [3.05, 3.63) is 28.2 Å². The molecular formula is C11H15BrO. The van der Waals surface area contributed by atoms with Crippen LogP contribution in [0.3, 0.4) is 0 Å². The number of halogens is 1. The van der Waals surface area contributed by atoms with Crippen LogP contribution in [0.1, 0.15) is 26.3 Å². The summed E-state index contributed by atoms with van der Waals surface area (Å²) in [4.78, 5) is 0. The van der Waals surface area contributed by atoms with Crippen LogP contribution in [0, 0.1) is 6.92 Å². The Morgan fingerprint density at radius 1 is 1.23 bits per heavy atom. The van der Waals surface area contributed by atoms with Crippen molar-refractivity contribution in [3.63, 3.8) is 0 Å². The lowest BCUT2D eigenvalue weighted by atomic mass is 10.2. The van der Waals surface area contributed by atoms with Crippen molar-refractivity contribution < 1.29 is 4.74 Å². The fourth-order valence-corrected chi connectivity index (χ4v) is 1.37. The lowest BCUT2D eigenvalue weighted by Gasteiger charge is -2.22. The second kappa shape index (κ2) is 3.70. The van der Waals surface area contributed by atoms with E-state index in [4.69, 9.17) is 4.74 Å². The summed E-state index contributed by atoms with van der Waals surface area (Å²) in [5.74, 6) is 0.910. The second-order valence-electron chi connectivity index (χ2n) is 4.10. The molecule has 0 aliphatic carbocycles. The normalized spacial score (nSPS) is 11.5. The van der Waals surface area contributed by atoms with Gasteiger partial charge >= 0.3 is 0 Å². The molecule has 0 aromatic heterocycles. The smallest absolute Gasteiger partial charge is 0.134 e. The molecule has 0 aliphatic rings. The Labute approximate surface area is 88.2 Å². The summed E-state index contributed by atoms with van der Waals surface area (Å²) < 4.78 is 6.81. The number of hydrogen-bond donors (Lipinski definition) is 0. The molecule has 0 unspecified atom stereocenters. The Morgan fingerprint density at radius 3 is 2.38 bits per heavy atom. The molecule has 0 bridgehead atoms. The van der Waals surface area contributed by atoms with Crippen LogP contribution >= 0.6 is 15.9 Å². The predicted molar refractivity (Wildman–Crippen MR) is 59.3 cm³/mol. The van der Waals surface area contributed by atoms with Crippen molar-refractivity contribution in [1.29, 1.82) is 0 Å². The van der Waals surface area contributed by atoms with Crippen molar-refractivity contribution in [1.82, 2.24) is 0 Å². The summed E-state index contributed by atoms with van der Waals surface area (Å²) in [6, 6.07) is 6.03. The average molecular weight is 243 g/mol. The molecule has 1 rings (SSSR count). The first kappa shape index (κ1) is 10.6. The molecule has 2 heteroatoms. The van der Waals surface area contributed by atoms with Gasteiger partial charge in [0, 0.05) is 0 Å². The molecule has 1 aromatic carbocycles. The molecule has 0 radical (unpaired) electrons. The highest BCUT2D eigenvalue weighted by atomic mass is 79.9. The van der Waals surface area contributed by atoms with Crippen LogP contribution < -0.4 is 4.74 Å². The monoisotopic (exact) mass is 242 g/mol. The van der Waals surface area contributed by atoms with Gasteiger partial charge in [-0.3, -0.25) is 0 Å². The Kier molecular flexibility index (Phi) is 3.01. The molecule has 0 saturated carbocycles. The third-order valence-corrected chi connectivity index (χ3v) is 2.59. The summed E-state index contributed by atoms with van der Waals surface area (Å²) in [6.45, 7) is 8.19. The van der Waals surface area contributed by atoms with Gasteiger partial charge in [0.05, 0.1) is 4.47 Å². The van der Waals surface area contributed by atoms with Gasteiger partial charge in [0.15, 0.2) is 0 Å². The zero-order chi connectivity index (χ0) is 10.1. The van der Waals surface area contributed by atoms with E-state index in [0.29, 0.717) is 0 Å². The van der Waals surface area contributed by atoms with Crippen LogP contribution in [0.4, 0.5) is 0 Å². The third-order valence-electron chi connectivity index (χ3n) is 1.57. The van der Waals surface area contributed by atoms with E-state index in [1.54, 1.807) is 0 Å². The SMILES string of the molecule is Cc1cccc(OC(C)(C)C)c1Br. The molecule has 0 atom stereocenters. The zero-order valence-electron chi connectivity index (χ0n) is 8.52. The lowest BCUT2D eigenvalue weighted by molar-refractivity contribution is 0.129. The molecule has 72 valence electrons. The quantitative estimate of drug-likeness (QED) is 0.726. The van der Waals surface area contributed by atoms with Crippen LogP contribution in [0.5, 0.6) is 5.75 Å². The van der Waals surface area contributed by atoms with Crippen LogP contribution in [-0.2, 0) is 0 Å². The maximum Gasteiger partial charge on any atom is 0.134 e. The maximum absolute atomic E-state index is 5.77. The van der Waals surface area contributed by atoms with E-state index >= 15 is 0 Å². The maximum atomic E-state index is 5.77. The van der Waals surface area contributed by atoms with E-state index in [-0.39, 0.29) is 5.60 Å². The minimum atomic E-state index is -0.143. The van der Waals surface area contributed by atoms with Gasteiger partial charge in [-0.15, -0.1) is 0 Å². The van der Waals surface area contributed by atoms with Gasteiger partial charge in [-0.25, -0.2) is 0 Å². The zero-order valence-corrected chi connectivity index (χ0v) is 10.1. The summed E-state index contributed by atoms with van der Waals surface area (Å²) in [6.07, 6.45) is 0. The summed E-state index contributed by atoms with van der Waals surface area (Å²) in [7, 11) is 0. The van der Waals surface area contributed by atoms with Crippen LogP contribution in [0.2, 0.25) is 0 Å². The number of benzene rings is 1. The van der Waals surface area contributed by atoms with Gasteiger partial charge < -0.3 is 4.74 Å². The molecule has 13 heavy (non-hydrogen) atoms. The Morgan fingerprint density at radius 2 is 1.85 bits per heavy atom. The molecule has 1 aromatic rings. The summed E-state index contributed by atoms with van der Waals surface area (Å²) in [5, 5.41) is 0. The average Bonchev–Trinajstić information content (AvgIpc) is 1.96. The van der Waals surface area contributed by atoms with E-state index in [1.807, 2.05) is 32.9 Å². The minimum Gasteiger partial charge on any atom is -0.487 e. The number of hydrogen-bond acceptors (Lipinski definition) is 1. The van der Waals surface area contributed by atoms with E-state index in [1.165, 1.54) is 5.56 Å². The molecule has 0 saturated heterocycles. The van der Waals surface area contributed by atoms with Crippen molar-refractivity contribution in [2.75, 3.05) is 0 Å². The Hall–Kier alpha value is -0.500. The van der Waals surface area contributed by atoms with Crippen LogP contribution in [-0.4, -0.2) is 5.60 Å². The molecule has 0 aliphatic heterocycles. The van der Waals surface area contributed by atoms with E-state index in [9.17, 15) is 0 Å². The number of ether oxygens (including phenoxy) is 1. The van der Waals surface area contributed by atoms with Gasteiger partial charge in [-0.2, -0.15) is 0 Å². The Bertz CT molecular complexity index is 299.